The van der Waals surface area contributed by atoms with E-state index in [0.717, 1.165) is 99.5 Å². The average Bonchev–Trinajstić information content (AvgIpc) is 3.82. The normalized spacial score (nSPS) is 22.7. The summed E-state index contributed by atoms with van der Waals surface area (Å²) in [6, 6.07) is 3.68. The maximum absolute atomic E-state index is 12.4. The first kappa shape index (κ1) is 23.8. The molecule has 1 saturated heterocycles. The van der Waals surface area contributed by atoms with Gasteiger partial charge in [-0.15, -0.1) is 0 Å². The van der Waals surface area contributed by atoms with Gasteiger partial charge in [0.2, 0.25) is 0 Å². The van der Waals surface area contributed by atoms with E-state index in [1.807, 2.05) is 6.20 Å². The summed E-state index contributed by atoms with van der Waals surface area (Å²) < 4.78 is 6.18. The molecule has 36 heavy (non-hydrogen) atoms. The Labute approximate surface area is 212 Å². The fourth-order valence-corrected chi connectivity index (χ4v) is 5.63. The van der Waals surface area contributed by atoms with Crippen molar-refractivity contribution < 1.29 is 14.6 Å². The summed E-state index contributed by atoms with van der Waals surface area (Å²) in [6.45, 7) is 3.08. The minimum atomic E-state index is -0.813. The molecule has 2 aliphatic heterocycles. The van der Waals surface area contributed by atoms with Gasteiger partial charge in [0.1, 0.15) is 17.7 Å². The van der Waals surface area contributed by atoms with E-state index in [1.165, 1.54) is 12.0 Å². The molecule has 2 N–H and O–H groups in total. The number of aliphatic carboxylic acids is 1. The van der Waals surface area contributed by atoms with E-state index in [0.29, 0.717) is 25.0 Å². The van der Waals surface area contributed by atoms with Crippen LogP contribution in [0.3, 0.4) is 0 Å². The average molecular weight is 492 g/mol. The van der Waals surface area contributed by atoms with Crippen molar-refractivity contribution in [1.29, 1.82) is 0 Å². The molecule has 3 fully saturated rings. The van der Waals surface area contributed by atoms with Crippen LogP contribution in [0.25, 0.3) is 0 Å². The molecule has 8 nitrogen and oxygen atoms in total. The van der Waals surface area contributed by atoms with Gasteiger partial charge in [-0.05, 0) is 75.8 Å². The second-order valence-corrected chi connectivity index (χ2v) is 10.9. The molecule has 1 unspecified atom stereocenters. The van der Waals surface area contributed by atoms with Gasteiger partial charge in [-0.3, -0.25) is 9.69 Å². The molecule has 4 aliphatic rings. The van der Waals surface area contributed by atoms with Crippen LogP contribution in [0.1, 0.15) is 97.6 Å². The third-order valence-corrected chi connectivity index (χ3v) is 7.98. The number of carboxylic acid groups (broad SMARTS) is 1. The topological polar surface area (TPSA) is 100 Å². The number of carboxylic acids is 1. The van der Waals surface area contributed by atoms with E-state index in [2.05, 4.69) is 27.3 Å². The van der Waals surface area contributed by atoms with Crippen LogP contribution >= 0.6 is 0 Å². The first-order chi connectivity index (χ1) is 17.7. The Morgan fingerprint density at radius 3 is 2.81 bits per heavy atom. The van der Waals surface area contributed by atoms with Crippen molar-refractivity contribution in [1.82, 2.24) is 19.9 Å². The third kappa shape index (κ3) is 5.39. The SMILES string of the molecule is O=C(O)C(c1cnc(C2CC2)nc1C1CC1)N1CC[C@@H](OCCCCc2ccc3c(n2)NCCC3)C1. The number of nitrogens with one attached hydrogen (secondary N) is 1. The lowest BCUT2D eigenvalue weighted by molar-refractivity contribution is -0.143. The molecule has 2 aromatic heterocycles. The van der Waals surface area contributed by atoms with Gasteiger partial charge in [0.25, 0.3) is 0 Å². The Hall–Kier alpha value is -2.58. The van der Waals surface area contributed by atoms with Gasteiger partial charge in [0.05, 0.1) is 11.8 Å². The lowest BCUT2D eigenvalue weighted by atomic mass is 10.0. The molecule has 6 rings (SSSR count). The quantitative estimate of drug-likeness (QED) is 0.451. The smallest absolute Gasteiger partial charge is 0.325 e. The highest BCUT2D eigenvalue weighted by Crippen LogP contribution is 2.45. The molecule has 0 amide bonds. The number of unbranched alkanes of at least 4 members (excludes halogenated alkanes) is 1. The second-order valence-electron chi connectivity index (χ2n) is 10.9. The molecule has 2 saturated carbocycles. The van der Waals surface area contributed by atoms with Gasteiger partial charge >= 0.3 is 5.97 Å². The number of hydrogen-bond donors (Lipinski definition) is 2. The van der Waals surface area contributed by atoms with Gasteiger partial charge < -0.3 is 15.2 Å². The Morgan fingerprint density at radius 2 is 2.00 bits per heavy atom. The summed E-state index contributed by atoms with van der Waals surface area (Å²) in [5.74, 6) is 2.04. The molecule has 2 aliphatic carbocycles. The summed E-state index contributed by atoms with van der Waals surface area (Å²) in [4.78, 5) is 28.7. The number of ether oxygens (including phenoxy) is 1. The van der Waals surface area contributed by atoms with Crippen LogP contribution in [0.4, 0.5) is 5.82 Å². The van der Waals surface area contributed by atoms with Gasteiger partial charge in [-0.2, -0.15) is 0 Å². The van der Waals surface area contributed by atoms with Gasteiger partial charge in [-0.1, -0.05) is 6.07 Å². The largest absolute Gasteiger partial charge is 0.480 e. The molecule has 2 atom stereocenters. The highest BCUT2D eigenvalue weighted by atomic mass is 16.5. The maximum Gasteiger partial charge on any atom is 0.325 e. The van der Waals surface area contributed by atoms with E-state index in [4.69, 9.17) is 14.7 Å². The minimum absolute atomic E-state index is 0.0777. The molecule has 4 heterocycles. The number of carbonyl (C=O) groups is 1. The summed E-state index contributed by atoms with van der Waals surface area (Å²) in [6.07, 6.45) is 12.5. The van der Waals surface area contributed by atoms with Crippen LogP contribution in [0.5, 0.6) is 0 Å². The number of rotatable bonds is 11. The zero-order valence-electron chi connectivity index (χ0n) is 21.0. The third-order valence-electron chi connectivity index (χ3n) is 7.98. The highest BCUT2D eigenvalue weighted by molar-refractivity contribution is 5.76. The van der Waals surface area contributed by atoms with Crippen molar-refractivity contribution in [2.75, 3.05) is 31.6 Å². The summed E-state index contributed by atoms with van der Waals surface area (Å²) in [5, 5.41) is 13.6. The van der Waals surface area contributed by atoms with Crippen LogP contribution in [-0.4, -0.2) is 63.3 Å². The first-order valence-corrected chi connectivity index (χ1v) is 13.8. The van der Waals surface area contributed by atoms with Crippen LogP contribution in [0.2, 0.25) is 0 Å². The lowest BCUT2D eigenvalue weighted by Crippen LogP contribution is -2.34. The standard InChI is InChI=1S/C28H37N5O3/c34-28(35)25(23-16-30-27(20-8-9-20)32-24(23)18-6-7-18)33-14-12-22(17-33)36-15-2-1-5-21-11-10-19-4-3-13-29-26(19)31-21/h10-11,16,18,20,22,25H,1-9,12-15,17H2,(H,29,31)(H,34,35)/t22-,25?/m1/s1. The van der Waals surface area contributed by atoms with Gasteiger partial charge in [0, 0.05) is 55.5 Å². The Bertz CT molecular complexity index is 1100. The van der Waals surface area contributed by atoms with Crippen molar-refractivity contribution >= 4 is 11.8 Å². The van der Waals surface area contributed by atoms with Gasteiger partial charge in [0.15, 0.2) is 0 Å². The van der Waals surface area contributed by atoms with Crippen molar-refractivity contribution in [3.8, 4) is 0 Å². The molecular weight excluding hydrogens is 454 g/mol. The zero-order valence-corrected chi connectivity index (χ0v) is 21.0. The van der Waals surface area contributed by atoms with Crippen LogP contribution in [0, 0.1) is 0 Å². The number of pyridine rings is 1. The van der Waals surface area contributed by atoms with Crippen LogP contribution < -0.4 is 5.32 Å². The second kappa shape index (κ2) is 10.4. The van der Waals surface area contributed by atoms with Crippen molar-refractivity contribution in [2.45, 2.75) is 88.2 Å². The summed E-state index contributed by atoms with van der Waals surface area (Å²) in [5.41, 5.74) is 4.24. The highest BCUT2D eigenvalue weighted by Gasteiger charge is 2.40. The fraction of sp³-hybridized carbons (Fsp3) is 0.643. The van der Waals surface area contributed by atoms with Crippen LogP contribution in [0.15, 0.2) is 18.3 Å². The van der Waals surface area contributed by atoms with E-state index in [-0.39, 0.29) is 6.10 Å². The summed E-state index contributed by atoms with van der Waals surface area (Å²) in [7, 11) is 0. The predicted octanol–water partition coefficient (Wildman–Crippen LogP) is 4.22. The number of aromatic nitrogens is 3. The number of likely N-dealkylation sites (tertiary alicyclic amines) is 1. The van der Waals surface area contributed by atoms with Crippen molar-refractivity contribution in [2.24, 2.45) is 0 Å². The Balaban J connectivity index is 1.00. The number of fused-ring (bicyclic) bond motifs is 1. The molecule has 2 aromatic rings. The zero-order chi connectivity index (χ0) is 24.5. The lowest BCUT2D eigenvalue weighted by Gasteiger charge is -2.26. The number of nitrogens with zero attached hydrogens (tertiary/aromatic N) is 4. The number of anilines is 1. The Kier molecular flexibility index (Phi) is 6.89. The summed E-state index contributed by atoms with van der Waals surface area (Å²) >= 11 is 0. The van der Waals surface area contributed by atoms with Gasteiger partial charge in [-0.25, -0.2) is 15.0 Å². The number of hydrogen-bond acceptors (Lipinski definition) is 7. The molecular formula is C28H37N5O3. The minimum Gasteiger partial charge on any atom is -0.480 e. The molecule has 192 valence electrons. The van der Waals surface area contributed by atoms with E-state index in [1.54, 1.807) is 0 Å². The molecule has 8 heteroatoms. The molecule has 0 aromatic carbocycles. The Morgan fingerprint density at radius 1 is 1.14 bits per heavy atom. The molecule has 0 spiro atoms. The predicted molar refractivity (Wildman–Crippen MR) is 136 cm³/mol. The molecule has 0 radical (unpaired) electrons. The van der Waals surface area contributed by atoms with E-state index >= 15 is 0 Å². The maximum atomic E-state index is 12.4. The fourth-order valence-electron chi connectivity index (χ4n) is 5.63. The first-order valence-electron chi connectivity index (χ1n) is 13.8. The van der Waals surface area contributed by atoms with Crippen molar-refractivity contribution in [3.63, 3.8) is 0 Å². The monoisotopic (exact) mass is 491 g/mol. The van der Waals surface area contributed by atoms with E-state index < -0.39 is 12.0 Å². The van der Waals surface area contributed by atoms with Crippen molar-refractivity contribution in [3.05, 3.63) is 46.7 Å². The number of aryl methyl sites for hydroxylation is 2. The van der Waals surface area contributed by atoms with Crippen LogP contribution in [-0.2, 0) is 22.4 Å². The van der Waals surface area contributed by atoms with E-state index in [9.17, 15) is 9.90 Å². The molecule has 0 bridgehead atoms.